The van der Waals surface area contributed by atoms with Crippen molar-refractivity contribution in [3.8, 4) is 0 Å². The molecule has 0 bridgehead atoms. The zero-order valence-corrected chi connectivity index (χ0v) is 10.1. The number of rotatable bonds is 5. The Hall–Kier alpha value is -1.09. The third-order valence-electron chi connectivity index (χ3n) is 3.23. The van der Waals surface area contributed by atoms with Gasteiger partial charge in [-0.05, 0) is 45.6 Å². The SMILES string of the molecule is Cc1[nH]cnc1CNCCC1=CCCCC1. The van der Waals surface area contributed by atoms with Crippen LogP contribution in [0.25, 0.3) is 0 Å². The molecule has 1 heterocycles. The Labute approximate surface area is 97.4 Å². The lowest BCUT2D eigenvalue weighted by Crippen LogP contribution is -2.16. The Bertz CT molecular complexity index is 352. The van der Waals surface area contributed by atoms with Crippen molar-refractivity contribution in [2.75, 3.05) is 6.54 Å². The fraction of sp³-hybridized carbons (Fsp3) is 0.615. The van der Waals surface area contributed by atoms with Crippen LogP contribution < -0.4 is 5.32 Å². The zero-order valence-electron chi connectivity index (χ0n) is 10.1. The molecule has 1 aliphatic carbocycles. The van der Waals surface area contributed by atoms with Gasteiger partial charge in [-0.3, -0.25) is 0 Å². The van der Waals surface area contributed by atoms with E-state index >= 15 is 0 Å². The Morgan fingerprint density at radius 1 is 1.44 bits per heavy atom. The van der Waals surface area contributed by atoms with Crippen LogP contribution in [0.3, 0.4) is 0 Å². The molecule has 0 saturated heterocycles. The van der Waals surface area contributed by atoms with Gasteiger partial charge in [-0.15, -0.1) is 0 Å². The Morgan fingerprint density at radius 3 is 3.06 bits per heavy atom. The summed E-state index contributed by atoms with van der Waals surface area (Å²) in [6, 6.07) is 0. The summed E-state index contributed by atoms with van der Waals surface area (Å²) in [5.74, 6) is 0. The fourth-order valence-electron chi connectivity index (χ4n) is 2.15. The zero-order chi connectivity index (χ0) is 11.2. The van der Waals surface area contributed by atoms with Crippen LogP contribution in [0.5, 0.6) is 0 Å². The van der Waals surface area contributed by atoms with E-state index in [1.54, 1.807) is 11.9 Å². The van der Waals surface area contributed by atoms with Crippen molar-refractivity contribution in [1.29, 1.82) is 0 Å². The molecule has 0 unspecified atom stereocenters. The van der Waals surface area contributed by atoms with Gasteiger partial charge in [0.05, 0.1) is 12.0 Å². The van der Waals surface area contributed by atoms with Crippen molar-refractivity contribution in [1.82, 2.24) is 15.3 Å². The van der Waals surface area contributed by atoms with E-state index in [4.69, 9.17) is 0 Å². The summed E-state index contributed by atoms with van der Waals surface area (Å²) in [6.07, 6.45) is 10.7. The molecule has 0 radical (unpaired) electrons. The number of hydrogen-bond acceptors (Lipinski definition) is 2. The molecule has 1 aromatic rings. The van der Waals surface area contributed by atoms with Crippen molar-refractivity contribution in [3.63, 3.8) is 0 Å². The molecule has 0 amide bonds. The predicted octanol–water partition coefficient (Wildman–Crippen LogP) is 2.70. The first-order chi connectivity index (χ1) is 7.86. The summed E-state index contributed by atoms with van der Waals surface area (Å²) in [4.78, 5) is 7.36. The molecule has 0 aromatic carbocycles. The number of aryl methyl sites for hydroxylation is 1. The Balaban J connectivity index is 1.65. The minimum Gasteiger partial charge on any atom is -0.348 e. The first-order valence-corrected chi connectivity index (χ1v) is 6.24. The topological polar surface area (TPSA) is 40.7 Å². The molecular weight excluding hydrogens is 198 g/mol. The van der Waals surface area contributed by atoms with Gasteiger partial charge in [0.15, 0.2) is 0 Å². The predicted molar refractivity (Wildman–Crippen MR) is 66.2 cm³/mol. The third-order valence-corrected chi connectivity index (χ3v) is 3.23. The van der Waals surface area contributed by atoms with Gasteiger partial charge in [-0.1, -0.05) is 11.6 Å². The number of allylic oxidation sites excluding steroid dienone is 1. The second-order valence-corrected chi connectivity index (χ2v) is 4.51. The van der Waals surface area contributed by atoms with Crippen LogP contribution in [0.1, 0.15) is 43.5 Å². The van der Waals surface area contributed by atoms with Crippen LogP contribution in [0.15, 0.2) is 18.0 Å². The highest BCUT2D eigenvalue weighted by Crippen LogP contribution is 2.19. The van der Waals surface area contributed by atoms with E-state index in [-0.39, 0.29) is 0 Å². The van der Waals surface area contributed by atoms with Crippen LogP contribution in [0.2, 0.25) is 0 Å². The molecule has 3 heteroatoms. The van der Waals surface area contributed by atoms with Gasteiger partial charge < -0.3 is 10.3 Å². The number of hydrogen-bond donors (Lipinski definition) is 2. The van der Waals surface area contributed by atoms with E-state index in [2.05, 4.69) is 28.3 Å². The highest BCUT2D eigenvalue weighted by Gasteiger charge is 2.03. The van der Waals surface area contributed by atoms with Gasteiger partial charge in [-0.25, -0.2) is 4.98 Å². The molecule has 2 N–H and O–H groups in total. The molecule has 1 aliphatic rings. The minimum absolute atomic E-state index is 0.878. The summed E-state index contributed by atoms with van der Waals surface area (Å²) < 4.78 is 0. The molecule has 2 rings (SSSR count). The fourth-order valence-corrected chi connectivity index (χ4v) is 2.15. The molecule has 0 spiro atoms. The van der Waals surface area contributed by atoms with Crippen molar-refractivity contribution in [3.05, 3.63) is 29.4 Å². The molecule has 0 atom stereocenters. The highest BCUT2D eigenvalue weighted by atomic mass is 14.9. The van der Waals surface area contributed by atoms with Gasteiger partial charge in [0.25, 0.3) is 0 Å². The lowest BCUT2D eigenvalue weighted by Gasteiger charge is -2.12. The lowest BCUT2D eigenvalue weighted by atomic mass is 9.97. The molecule has 0 fully saturated rings. The maximum absolute atomic E-state index is 4.27. The van der Waals surface area contributed by atoms with Gasteiger partial charge in [-0.2, -0.15) is 0 Å². The minimum atomic E-state index is 0.878. The number of H-pyrrole nitrogens is 1. The average molecular weight is 219 g/mol. The molecular formula is C13H21N3. The van der Waals surface area contributed by atoms with Crippen molar-refractivity contribution in [2.24, 2.45) is 0 Å². The molecule has 16 heavy (non-hydrogen) atoms. The van der Waals surface area contributed by atoms with Gasteiger partial charge in [0.1, 0.15) is 0 Å². The largest absolute Gasteiger partial charge is 0.348 e. The Morgan fingerprint density at radius 2 is 2.38 bits per heavy atom. The second-order valence-electron chi connectivity index (χ2n) is 4.51. The summed E-state index contributed by atoms with van der Waals surface area (Å²) in [7, 11) is 0. The van der Waals surface area contributed by atoms with Crippen molar-refractivity contribution in [2.45, 2.75) is 45.6 Å². The highest BCUT2D eigenvalue weighted by molar-refractivity contribution is 5.08. The molecule has 1 aromatic heterocycles. The number of aromatic nitrogens is 2. The average Bonchev–Trinajstić information content (AvgIpc) is 2.72. The maximum atomic E-state index is 4.27. The van der Waals surface area contributed by atoms with Crippen LogP contribution in [-0.4, -0.2) is 16.5 Å². The number of nitrogens with one attached hydrogen (secondary N) is 2. The maximum Gasteiger partial charge on any atom is 0.0925 e. The normalized spacial score (nSPS) is 16.2. The summed E-state index contributed by atoms with van der Waals surface area (Å²) in [5, 5.41) is 3.45. The molecule has 88 valence electrons. The summed E-state index contributed by atoms with van der Waals surface area (Å²) in [6.45, 7) is 4.01. The van der Waals surface area contributed by atoms with E-state index in [1.807, 2.05) is 0 Å². The first kappa shape index (κ1) is 11.4. The van der Waals surface area contributed by atoms with Gasteiger partial charge >= 0.3 is 0 Å². The Kier molecular flexibility index (Phi) is 4.17. The number of nitrogens with zero attached hydrogens (tertiary/aromatic N) is 1. The summed E-state index contributed by atoms with van der Waals surface area (Å²) >= 11 is 0. The van der Waals surface area contributed by atoms with Crippen LogP contribution in [0.4, 0.5) is 0 Å². The summed E-state index contributed by atoms with van der Waals surface area (Å²) in [5.41, 5.74) is 3.94. The quantitative estimate of drug-likeness (QED) is 0.590. The van der Waals surface area contributed by atoms with Crippen molar-refractivity contribution < 1.29 is 0 Å². The van der Waals surface area contributed by atoms with E-state index in [9.17, 15) is 0 Å². The monoisotopic (exact) mass is 219 g/mol. The molecule has 3 nitrogen and oxygen atoms in total. The van der Waals surface area contributed by atoms with Crippen LogP contribution in [-0.2, 0) is 6.54 Å². The smallest absolute Gasteiger partial charge is 0.0925 e. The third kappa shape index (κ3) is 3.20. The van der Waals surface area contributed by atoms with Gasteiger partial charge in [0, 0.05) is 12.2 Å². The van der Waals surface area contributed by atoms with E-state index in [0.717, 1.165) is 18.8 Å². The number of imidazole rings is 1. The van der Waals surface area contributed by atoms with Crippen molar-refractivity contribution >= 4 is 0 Å². The lowest BCUT2D eigenvalue weighted by molar-refractivity contribution is 0.627. The molecule has 0 aliphatic heterocycles. The van der Waals surface area contributed by atoms with Crippen LogP contribution in [0, 0.1) is 6.92 Å². The van der Waals surface area contributed by atoms with Gasteiger partial charge in [0.2, 0.25) is 0 Å². The number of aromatic amines is 1. The standard InChI is InChI=1S/C13H21N3/c1-11-13(16-10-15-11)9-14-8-7-12-5-3-2-4-6-12/h5,10,14H,2-4,6-9H2,1H3,(H,15,16). The second kappa shape index (κ2) is 5.85. The van der Waals surface area contributed by atoms with E-state index in [1.165, 1.54) is 37.8 Å². The first-order valence-electron chi connectivity index (χ1n) is 6.24. The van der Waals surface area contributed by atoms with Crippen LogP contribution >= 0.6 is 0 Å². The molecule has 0 saturated carbocycles. The van der Waals surface area contributed by atoms with E-state index in [0.29, 0.717) is 0 Å². The van der Waals surface area contributed by atoms with E-state index < -0.39 is 0 Å².